The predicted octanol–water partition coefficient (Wildman–Crippen LogP) is 2.49. The van der Waals surface area contributed by atoms with Gasteiger partial charge in [0, 0.05) is 5.69 Å². The molecule has 92 valence electrons. The van der Waals surface area contributed by atoms with E-state index in [9.17, 15) is 10.5 Å². The van der Waals surface area contributed by atoms with Gasteiger partial charge in [-0.25, -0.2) is 4.98 Å². The molecule has 18 heavy (non-hydrogen) atoms. The van der Waals surface area contributed by atoms with Crippen molar-refractivity contribution in [3.05, 3.63) is 22.4 Å². The first-order valence-corrected chi connectivity index (χ1v) is 6.20. The number of fused-ring (bicyclic) bond motifs is 1. The lowest BCUT2D eigenvalue weighted by Gasteiger charge is -2.19. The summed E-state index contributed by atoms with van der Waals surface area (Å²) >= 11 is 0. The van der Waals surface area contributed by atoms with Gasteiger partial charge in [-0.1, -0.05) is 0 Å². The van der Waals surface area contributed by atoms with Crippen LogP contribution in [0.15, 0.2) is 0 Å². The normalized spacial score (nSPS) is 13.6. The Balaban J connectivity index is 2.62. The van der Waals surface area contributed by atoms with Crippen molar-refractivity contribution in [1.82, 2.24) is 4.98 Å². The fourth-order valence-electron chi connectivity index (χ4n) is 2.25. The van der Waals surface area contributed by atoms with E-state index in [4.69, 9.17) is 4.74 Å². The summed E-state index contributed by atoms with van der Waals surface area (Å²) in [6.07, 6.45) is 3.78. The Morgan fingerprint density at radius 3 is 2.39 bits per heavy atom. The third-order valence-corrected chi connectivity index (χ3v) is 3.01. The molecule has 0 N–H and O–H groups in total. The van der Waals surface area contributed by atoms with Crippen LogP contribution in [0.3, 0.4) is 0 Å². The molecule has 0 saturated heterocycles. The maximum absolute atomic E-state index is 9.28. The highest BCUT2D eigenvalue weighted by Crippen LogP contribution is 2.30. The molecule has 1 aliphatic carbocycles. The number of aryl methyl sites for hydroxylation is 1. The summed E-state index contributed by atoms with van der Waals surface area (Å²) in [7, 11) is 0. The van der Waals surface area contributed by atoms with Crippen molar-refractivity contribution in [2.75, 3.05) is 0 Å². The molecule has 0 aliphatic heterocycles. The van der Waals surface area contributed by atoms with Crippen LogP contribution in [0.1, 0.15) is 49.1 Å². The number of hydrogen-bond acceptors (Lipinski definition) is 4. The van der Waals surface area contributed by atoms with Crippen molar-refractivity contribution >= 4 is 0 Å². The number of nitrogens with zero attached hydrogens (tertiary/aromatic N) is 3. The van der Waals surface area contributed by atoms with Crippen molar-refractivity contribution < 1.29 is 4.74 Å². The molecule has 1 aromatic rings. The minimum absolute atomic E-state index is 0.0576. The average Bonchev–Trinajstić information content (AvgIpc) is 2.36. The Bertz CT molecular complexity index is 550. The fraction of sp³-hybridized carbons (Fsp3) is 0.500. The highest BCUT2D eigenvalue weighted by molar-refractivity contribution is 5.57. The maximum Gasteiger partial charge on any atom is 0.233 e. The molecule has 0 radical (unpaired) electrons. The van der Waals surface area contributed by atoms with Gasteiger partial charge in [0.15, 0.2) is 0 Å². The second-order valence-electron chi connectivity index (χ2n) is 4.69. The van der Waals surface area contributed by atoms with Gasteiger partial charge in [0.25, 0.3) is 0 Å². The highest BCUT2D eigenvalue weighted by atomic mass is 16.5. The van der Waals surface area contributed by atoms with Crippen LogP contribution in [0.2, 0.25) is 0 Å². The topological polar surface area (TPSA) is 69.7 Å². The maximum atomic E-state index is 9.28. The molecule has 0 amide bonds. The van der Waals surface area contributed by atoms with E-state index >= 15 is 0 Å². The average molecular weight is 241 g/mol. The first kappa shape index (κ1) is 12.4. The first-order valence-electron chi connectivity index (χ1n) is 6.20. The zero-order valence-corrected chi connectivity index (χ0v) is 10.7. The van der Waals surface area contributed by atoms with Crippen LogP contribution in [0.25, 0.3) is 0 Å². The highest BCUT2D eigenvalue weighted by Gasteiger charge is 2.23. The molecule has 2 rings (SSSR count). The van der Waals surface area contributed by atoms with E-state index in [0.717, 1.165) is 36.9 Å². The lowest BCUT2D eigenvalue weighted by Crippen LogP contribution is -2.15. The van der Waals surface area contributed by atoms with Gasteiger partial charge >= 0.3 is 0 Å². The quantitative estimate of drug-likeness (QED) is 0.797. The van der Waals surface area contributed by atoms with Crippen molar-refractivity contribution in [2.24, 2.45) is 0 Å². The van der Waals surface area contributed by atoms with E-state index in [0.29, 0.717) is 11.4 Å². The summed E-state index contributed by atoms with van der Waals surface area (Å²) in [5.41, 5.74) is 2.61. The summed E-state index contributed by atoms with van der Waals surface area (Å²) in [6, 6.07) is 4.21. The SMILES string of the molecule is CC(C)Oc1nc2c(c(C#N)c1C#N)CCCC2. The molecule has 0 unspecified atom stereocenters. The molecule has 0 fully saturated rings. The Kier molecular flexibility index (Phi) is 3.48. The number of pyridine rings is 1. The first-order chi connectivity index (χ1) is 8.67. The molecule has 0 spiro atoms. The summed E-state index contributed by atoms with van der Waals surface area (Å²) in [6.45, 7) is 3.77. The van der Waals surface area contributed by atoms with Gasteiger partial charge in [-0.15, -0.1) is 0 Å². The second kappa shape index (κ2) is 5.06. The van der Waals surface area contributed by atoms with E-state index in [-0.39, 0.29) is 11.7 Å². The van der Waals surface area contributed by atoms with Crippen LogP contribution >= 0.6 is 0 Å². The van der Waals surface area contributed by atoms with Crippen LogP contribution in [0, 0.1) is 22.7 Å². The minimum atomic E-state index is -0.0576. The summed E-state index contributed by atoms with van der Waals surface area (Å²) in [5, 5.41) is 18.5. The number of rotatable bonds is 2. The Morgan fingerprint density at radius 2 is 1.78 bits per heavy atom. The largest absolute Gasteiger partial charge is 0.474 e. The van der Waals surface area contributed by atoms with E-state index in [1.807, 2.05) is 13.8 Å². The third-order valence-electron chi connectivity index (χ3n) is 3.01. The summed E-state index contributed by atoms with van der Waals surface area (Å²) in [5.74, 6) is 0.310. The number of hydrogen-bond donors (Lipinski definition) is 0. The molecule has 1 aromatic heterocycles. The molecule has 0 bridgehead atoms. The molecule has 4 heteroatoms. The van der Waals surface area contributed by atoms with Gasteiger partial charge in [0.2, 0.25) is 5.88 Å². The molecule has 4 nitrogen and oxygen atoms in total. The molecule has 0 saturated carbocycles. The summed E-state index contributed by atoms with van der Waals surface area (Å²) < 4.78 is 5.56. The van der Waals surface area contributed by atoms with Crippen LogP contribution in [0.4, 0.5) is 0 Å². The number of aromatic nitrogens is 1. The van der Waals surface area contributed by atoms with Crippen molar-refractivity contribution in [2.45, 2.75) is 45.6 Å². The number of nitriles is 2. The van der Waals surface area contributed by atoms with Gasteiger partial charge in [-0.3, -0.25) is 0 Å². The lowest BCUT2D eigenvalue weighted by atomic mass is 9.90. The van der Waals surface area contributed by atoms with Gasteiger partial charge in [-0.05, 0) is 45.1 Å². The molecule has 1 aliphatic rings. The van der Waals surface area contributed by atoms with Crippen LogP contribution in [0.5, 0.6) is 5.88 Å². The van der Waals surface area contributed by atoms with E-state index < -0.39 is 0 Å². The Morgan fingerprint density at radius 1 is 1.11 bits per heavy atom. The van der Waals surface area contributed by atoms with Gasteiger partial charge in [0.05, 0.1) is 11.7 Å². The lowest BCUT2D eigenvalue weighted by molar-refractivity contribution is 0.231. The molecule has 0 atom stereocenters. The fourth-order valence-corrected chi connectivity index (χ4v) is 2.25. The van der Waals surface area contributed by atoms with Crippen LogP contribution in [-0.2, 0) is 12.8 Å². The molecule has 1 heterocycles. The van der Waals surface area contributed by atoms with Gasteiger partial charge < -0.3 is 4.74 Å². The van der Waals surface area contributed by atoms with E-state index in [2.05, 4.69) is 17.1 Å². The van der Waals surface area contributed by atoms with E-state index in [1.54, 1.807) is 0 Å². The Labute approximate surface area is 107 Å². The van der Waals surface area contributed by atoms with Crippen LogP contribution in [-0.4, -0.2) is 11.1 Å². The van der Waals surface area contributed by atoms with Gasteiger partial charge in [0.1, 0.15) is 17.7 Å². The molecular weight excluding hydrogens is 226 g/mol. The molecule has 0 aromatic carbocycles. The smallest absolute Gasteiger partial charge is 0.233 e. The number of ether oxygens (including phenoxy) is 1. The Hall–Kier alpha value is -2.07. The third kappa shape index (κ3) is 2.15. The van der Waals surface area contributed by atoms with Crippen molar-refractivity contribution in [3.8, 4) is 18.0 Å². The minimum Gasteiger partial charge on any atom is -0.474 e. The zero-order valence-electron chi connectivity index (χ0n) is 10.7. The second-order valence-corrected chi connectivity index (χ2v) is 4.69. The zero-order chi connectivity index (χ0) is 13.1. The van der Waals surface area contributed by atoms with Gasteiger partial charge in [-0.2, -0.15) is 10.5 Å². The molecular formula is C14H15N3O. The monoisotopic (exact) mass is 241 g/mol. The predicted molar refractivity (Wildman–Crippen MR) is 66.1 cm³/mol. The summed E-state index contributed by atoms with van der Waals surface area (Å²) in [4.78, 5) is 4.44. The van der Waals surface area contributed by atoms with E-state index in [1.165, 1.54) is 0 Å². The van der Waals surface area contributed by atoms with Crippen LogP contribution < -0.4 is 4.74 Å². The van der Waals surface area contributed by atoms with Crippen molar-refractivity contribution in [1.29, 1.82) is 10.5 Å². The standard InChI is InChI=1S/C14H15N3O/c1-9(2)18-14-12(8-16)11(7-15)10-5-3-4-6-13(10)17-14/h9H,3-6H2,1-2H3. The van der Waals surface area contributed by atoms with Crippen molar-refractivity contribution in [3.63, 3.8) is 0 Å².